The number of nitrogens with two attached hydrogens (primary N) is 2. The Labute approximate surface area is 119 Å². The van der Waals surface area contributed by atoms with Gasteiger partial charge in [0.05, 0.1) is 6.54 Å². The van der Waals surface area contributed by atoms with Crippen LogP contribution in [-0.2, 0) is 9.59 Å². The minimum absolute atomic E-state index is 0.0510. The van der Waals surface area contributed by atoms with E-state index in [9.17, 15) is 9.59 Å². The first kappa shape index (κ1) is 16.0. The number of rotatable bonds is 8. The molecule has 0 heterocycles. The first-order valence-corrected chi connectivity index (χ1v) is 6.67. The lowest BCUT2D eigenvalue weighted by molar-refractivity contribution is -0.119. The maximum atomic E-state index is 11.7. The van der Waals surface area contributed by atoms with Crippen molar-refractivity contribution in [3.05, 3.63) is 24.3 Å². The van der Waals surface area contributed by atoms with E-state index in [1.54, 1.807) is 24.3 Å². The van der Waals surface area contributed by atoms with E-state index in [0.717, 1.165) is 12.2 Å². The van der Waals surface area contributed by atoms with Crippen molar-refractivity contribution >= 4 is 23.2 Å². The zero-order valence-electron chi connectivity index (χ0n) is 11.8. The molecule has 0 bridgehead atoms. The standard InChI is InChI=1S/C14H22N4O2/c1-2-18(10-13(16)19)9-3-4-14(20)17-12-7-5-11(15)6-8-12/h5-8H,2-4,9-10,15H2,1H3,(H2,16,19)(H,17,20). The smallest absolute Gasteiger partial charge is 0.231 e. The van der Waals surface area contributed by atoms with E-state index in [4.69, 9.17) is 11.5 Å². The van der Waals surface area contributed by atoms with Gasteiger partial charge >= 0.3 is 0 Å². The summed E-state index contributed by atoms with van der Waals surface area (Å²) >= 11 is 0. The summed E-state index contributed by atoms with van der Waals surface area (Å²) in [6, 6.07) is 7.00. The Morgan fingerprint density at radius 3 is 2.45 bits per heavy atom. The summed E-state index contributed by atoms with van der Waals surface area (Å²) in [6.45, 7) is 3.60. The molecule has 0 aromatic heterocycles. The number of nitrogens with zero attached hydrogens (tertiary/aromatic N) is 1. The summed E-state index contributed by atoms with van der Waals surface area (Å²) in [5.74, 6) is -0.400. The molecule has 6 nitrogen and oxygen atoms in total. The second-order valence-corrected chi connectivity index (χ2v) is 4.61. The van der Waals surface area contributed by atoms with Crippen LogP contribution in [0.5, 0.6) is 0 Å². The third-order valence-electron chi connectivity index (χ3n) is 2.90. The maximum Gasteiger partial charge on any atom is 0.231 e. The molecule has 5 N–H and O–H groups in total. The largest absolute Gasteiger partial charge is 0.399 e. The van der Waals surface area contributed by atoms with Gasteiger partial charge in [-0.3, -0.25) is 14.5 Å². The fraction of sp³-hybridized carbons (Fsp3) is 0.429. The van der Waals surface area contributed by atoms with E-state index in [1.807, 2.05) is 11.8 Å². The van der Waals surface area contributed by atoms with Crippen molar-refractivity contribution in [1.82, 2.24) is 4.90 Å². The van der Waals surface area contributed by atoms with Crippen LogP contribution < -0.4 is 16.8 Å². The average molecular weight is 278 g/mol. The number of nitrogen functional groups attached to an aromatic ring is 1. The Morgan fingerprint density at radius 1 is 1.25 bits per heavy atom. The molecule has 0 aliphatic carbocycles. The number of carbonyl (C=O) groups excluding carboxylic acids is 2. The van der Waals surface area contributed by atoms with Gasteiger partial charge in [-0.05, 0) is 43.8 Å². The van der Waals surface area contributed by atoms with Crippen molar-refractivity contribution in [1.29, 1.82) is 0 Å². The van der Waals surface area contributed by atoms with Gasteiger partial charge in [-0.25, -0.2) is 0 Å². The fourth-order valence-corrected chi connectivity index (χ4v) is 1.82. The number of hydrogen-bond acceptors (Lipinski definition) is 4. The van der Waals surface area contributed by atoms with E-state index in [0.29, 0.717) is 25.1 Å². The van der Waals surface area contributed by atoms with Crippen molar-refractivity contribution in [2.24, 2.45) is 5.73 Å². The molecule has 0 unspecified atom stereocenters. The molecular weight excluding hydrogens is 256 g/mol. The minimum Gasteiger partial charge on any atom is -0.399 e. The highest BCUT2D eigenvalue weighted by Gasteiger charge is 2.07. The van der Waals surface area contributed by atoms with Crippen molar-refractivity contribution in [3.8, 4) is 0 Å². The van der Waals surface area contributed by atoms with E-state index in [1.165, 1.54) is 0 Å². The second kappa shape index (κ2) is 8.16. The van der Waals surface area contributed by atoms with Crippen LogP contribution in [0, 0.1) is 0 Å². The summed E-state index contributed by atoms with van der Waals surface area (Å²) in [4.78, 5) is 24.5. The Kier molecular flexibility index (Phi) is 6.52. The predicted molar refractivity (Wildman–Crippen MR) is 80.0 cm³/mol. The van der Waals surface area contributed by atoms with Gasteiger partial charge in [-0.1, -0.05) is 6.92 Å². The molecule has 6 heteroatoms. The summed E-state index contributed by atoms with van der Waals surface area (Å²) in [7, 11) is 0. The van der Waals surface area contributed by atoms with Gasteiger partial charge in [0.25, 0.3) is 0 Å². The molecule has 0 saturated carbocycles. The average Bonchev–Trinajstić information content (AvgIpc) is 2.40. The minimum atomic E-state index is -0.349. The number of anilines is 2. The van der Waals surface area contributed by atoms with Crippen LogP contribution in [0.25, 0.3) is 0 Å². The molecule has 0 aliphatic rings. The van der Waals surface area contributed by atoms with Gasteiger partial charge in [0.15, 0.2) is 0 Å². The van der Waals surface area contributed by atoms with E-state index in [2.05, 4.69) is 5.32 Å². The SMILES string of the molecule is CCN(CCCC(=O)Nc1ccc(N)cc1)CC(N)=O. The van der Waals surface area contributed by atoms with Crippen LogP contribution in [0.2, 0.25) is 0 Å². The molecule has 0 aliphatic heterocycles. The number of benzene rings is 1. The van der Waals surface area contributed by atoms with E-state index >= 15 is 0 Å². The molecule has 0 saturated heterocycles. The van der Waals surface area contributed by atoms with Crippen molar-refractivity contribution in [2.45, 2.75) is 19.8 Å². The maximum absolute atomic E-state index is 11.7. The Balaban J connectivity index is 2.29. The first-order chi connectivity index (χ1) is 9.51. The number of primary amides is 1. The topological polar surface area (TPSA) is 101 Å². The molecule has 0 atom stereocenters. The fourth-order valence-electron chi connectivity index (χ4n) is 1.82. The van der Waals surface area contributed by atoms with Crippen LogP contribution in [0.3, 0.4) is 0 Å². The number of carbonyl (C=O) groups is 2. The van der Waals surface area contributed by atoms with Gasteiger partial charge in [-0.15, -0.1) is 0 Å². The number of likely N-dealkylation sites (N-methyl/N-ethyl adjacent to an activating group) is 1. The van der Waals surface area contributed by atoms with Gasteiger partial charge in [0.1, 0.15) is 0 Å². The molecule has 0 radical (unpaired) electrons. The molecule has 20 heavy (non-hydrogen) atoms. The molecule has 0 fully saturated rings. The molecule has 1 rings (SSSR count). The Bertz CT molecular complexity index is 445. The third-order valence-corrected chi connectivity index (χ3v) is 2.90. The van der Waals surface area contributed by atoms with Gasteiger partial charge < -0.3 is 16.8 Å². The zero-order valence-corrected chi connectivity index (χ0v) is 11.8. The first-order valence-electron chi connectivity index (χ1n) is 6.67. The Hall–Kier alpha value is -2.08. The van der Waals surface area contributed by atoms with Crippen LogP contribution in [0.4, 0.5) is 11.4 Å². The molecule has 110 valence electrons. The van der Waals surface area contributed by atoms with Gasteiger partial charge in [0.2, 0.25) is 11.8 Å². The quantitative estimate of drug-likeness (QED) is 0.612. The molecule has 2 amide bonds. The highest BCUT2D eigenvalue weighted by atomic mass is 16.2. The highest BCUT2D eigenvalue weighted by Crippen LogP contribution is 2.11. The van der Waals surface area contributed by atoms with E-state index < -0.39 is 0 Å². The van der Waals surface area contributed by atoms with Gasteiger partial charge in [0, 0.05) is 17.8 Å². The normalized spacial score (nSPS) is 10.5. The number of amides is 2. The predicted octanol–water partition coefficient (Wildman–Crippen LogP) is 0.795. The number of nitrogens with one attached hydrogen (secondary N) is 1. The lowest BCUT2D eigenvalue weighted by Crippen LogP contribution is -2.34. The van der Waals surface area contributed by atoms with Crippen LogP contribution >= 0.6 is 0 Å². The highest BCUT2D eigenvalue weighted by molar-refractivity contribution is 5.90. The van der Waals surface area contributed by atoms with Crippen molar-refractivity contribution in [3.63, 3.8) is 0 Å². The molecular formula is C14H22N4O2. The Morgan fingerprint density at radius 2 is 1.90 bits per heavy atom. The van der Waals surface area contributed by atoms with Gasteiger partial charge in [-0.2, -0.15) is 0 Å². The lowest BCUT2D eigenvalue weighted by Gasteiger charge is -2.17. The summed E-state index contributed by atoms with van der Waals surface area (Å²) in [5, 5.41) is 2.80. The monoisotopic (exact) mass is 278 g/mol. The number of hydrogen-bond donors (Lipinski definition) is 3. The third kappa shape index (κ3) is 6.19. The summed E-state index contributed by atoms with van der Waals surface area (Å²) in [6.07, 6.45) is 1.08. The van der Waals surface area contributed by atoms with Crippen molar-refractivity contribution < 1.29 is 9.59 Å². The van der Waals surface area contributed by atoms with Crippen LogP contribution in [0.15, 0.2) is 24.3 Å². The van der Waals surface area contributed by atoms with E-state index in [-0.39, 0.29) is 18.4 Å². The summed E-state index contributed by atoms with van der Waals surface area (Å²) in [5.41, 5.74) is 12.1. The molecule has 1 aromatic rings. The van der Waals surface area contributed by atoms with Crippen molar-refractivity contribution in [2.75, 3.05) is 30.7 Å². The van der Waals surface area contributed by atoms with Crippen LogP contribution in [0.1, 0.15) is 19.8 Å². The zero-order chi connectivity index (χ0) is 15.0. The molecule has 0 spiro atoms. The van der Waals surface area contributed by atoms with Crippen LogP contribution in [-0.4, -0.2) is 36.3 Å². The lowest BCUT2D eigenvalue weighted by atomic mass is 10.2. The second-order valence-electron chi connectivity index (χ2n) is 4.61. The summed E-state index contributed by atoms with van der Waals surface area (Å²) < 4.78 is 0. The molecule has 1 aromatic carbocycles.